The predicted molar refractivity (Wildman–Crippen MR) is 84.0 cm³/mol. The Kier molecular flexibility index (Phi) is 3.66. The molecular formula is C15H16ClN5. The van der Waals surface area contributed by atoms with Crippen LogP contribution in [0, 0.1) is 13.8 Å². The lowest BCUT2D eigenvalue weighted by molar-refractivity contribution is 0.847. The molecule has 0 unspecified atom stereocenters. The Morgan fingerprint density at radius 3 is 2.67 bits per heavy atom. The van der Waals surface area contributed by atoms with Crippen molar-refractivity contribution < 1.29 is 0 Å². The Labute approximate surface area is 127 Å². The molecule has 2 heterocycles. The lowest BCUT2D eigenvalue weighted by Crippen LogP contribution is -2.02. The van der Waals surface area contributed by atoms with Gasteiger partial charge in [-0.15, -0.1) is 0 Å². The van der Waals surface area contributed by atoms with E-state index in [9.17, 15) is 0 Å². The minimum atomic E-state index is 0.664. The summed E-state index contributed by atoms with van der Waals surface area (Å²) in [5.41, 5.74) is 5.06. The molecule has 0 spiro atoms. The molecule has 2 N–H and O–H groups in total. The molecule has 0 radical (unpaired) electrons. The molecule has 108 valence electrons. The van der Waals surface area contributed by atoms with E-state index in [0.29, 0.717) is 6.54 Å². The van der Waals surface area contributed by atoms with Crippen molar-refractivity contribution in [3.63, 3.8) is 0 Å². The molecule has 3 aromatic rings. The summed E-state index contributed by atoms with van der Waals surface area (Å²) < 4.78 is 1.88. The molecule has 0 aliphatic carbocycles. The Morgan fingerprint density at radius 2 is 2.00 bits per heavy atom. The molecule has 0 aliphatic rings. The zero-order valence-corrected chi connectivity index (χ0v) is 12.6. The van der Waals surface area contributed by atoms with Gasteiger partial charge < -0.3 is 5.32 Å². The average molecular weight is 302 g/mol. The van der Waals surface area contributed by atoms with Crippen LogP contribution in [0.4, 0.5) is 5.69 Å². The van der Waals surface area contributed by atoms with E-state index in [2.05, 4.69) is 20.6 Å². The quantitative estimate of drug-likeness (QED) is 0.775. The fourth-order valence-corrected chi connectivity index (χ4v) is 2.30. The largest absolute Gasteiger partial charge is 0.377 e. The summed E-state index contributed by atoms with van der Waals surface area (Å²) in [6.45, 7) is 4.68. The lowest BCUT2D eigenvalue weighted by Gasteiger charge is -2.06. The van der Waals surface area contributed by atoms with Crippen molar-refractivity contribution in [1.29, 1.82) is 0 Å². The predicted octanol–water partition coefficient (Wildman–Crippen LogP) is 3.48. The number of aromatic nitrogens is 4. The fourth-order valence-electron chi connectivity index (χ4n) is 2.18. The SMILES string of the molecule is Cc1cc(CNc2cnn(-c3ccc(Cl)cc3)c2C)n[nH]1. The van der Waals surface area contributed by atoms with Gasteiger partial charge in [0.25, 0.3) is 0 Å². The number of rotatable bonds is 4. The number of aryl methyl sites for hydroxylation is 1. The molecule has 0 amide bonds. The van der Waals surface area contributed by atoms with Gasteiger partial charge in [0.05, 0.1) is 35.5 Å². The number of anilines is 1. The van der Waals surface area contributed by atoms with Gasteiger partial charge in [0.15, 0.2) is 0 Å². The Balaban J connectivity index is 1.77. The molecule has 0 saturated carbocycles. The normalized spacial score (nSPS) is 10.8. The minimum absolute atomic E-state index is 0.664. The van der Waals surface area contributed by atoms with Gasteiger partial charge >= 0.3 is 0 Å². The molecule has 0 bridgehead atoms. The van der Waals surface area contributed by atoms with Gasteiger partial charge in [-0.2, -0.15) is 10.2 Å². The first-order valence-corrected chi connectivity index (χ1v) is 7.06. The molecular weight excluding hydrogens is 286 g/mol. The van der Waals surface area contributed by atoms with Crippen LogP contribution in [0.2, 0.25) is 5.02 Å². The number of hydrogen-bond donors (Lipinski definition) is 2. The van der Waals surface area contributed by atoms with Crippen molar-refractivity contribution in [1.82, 2.24) is 20.0 Å². The maximum absolute atomic E-state index is 5.91. The van der Waals surface area contributed by atoms with E-state index in [4.69, 9.17) is 11.6 Å². The molecule has 0 fully saturated rings. The second-order valence-corrected chi connectivity index (χ2v) is 5.36. The Bertz CT molecular complexity index is 742. The van der Waals surface area contributed by atoms with Crippen LogP contribution in [0.1, 0.15) is 17.1 Å². The van der Waals surface area contributed by atoms with Crippen molar-refractivity contribution in [2.45, 2.75) is 20.4 Å². The summed E-state index contributed by atoms with van der Waals surface area (Å²) in [6, 6.07) is 9.63. The Morgan fingerprint density at radius 1 is 1.24 bits per heavy atom. The molecule has 3 rings (SSSR count). The second kappa shape index (κ2) is 5.61. The fraction of sp³-hybridized carbons (Fsp3) is 0.200. The van der Waals surface area contributed by atoms with Crippen molar-refractivity contribution in [3.05, 3.63) is 58.6 Å². The van der Waals surface area contributed by atoms with E-state index < -0.39 is 0 Å². The smallest absolute Gasteiger partial charge is 0.0815 e. The van der Waals surface area contributed by atoms with Crippen LogP contribution in [0.15, 0.2) is 36.5 Å². The summed E-state index contributed by atoms with van der Waals surface area (Å²) in [6.07, 6.45) is 1.82. The molecule has 0 aliphatic heterocycles. The van der Waals surface area contributed by atoms with Crippen LogP contribution in [-0.2, 0) is 6.54 Å². The third kappa shape index (κ3) is 2.92. The highest BCUT2D eigenvalue weighted by Gasteiger charge is 2.08. The third-order valence-corrected chi connectivity index (χ3v) is 3.55. The molecule has 21 heavy (non-hydrogen) atoms. The molecule has 0 atom stereocenters. The second-order valence-electron chi connectivity index (χ2n) is 4.93. The van der Waals surface area contributed by atoms with Gasteiger partial charge in [0, 0.05) is 10.7 Å². The zero-order chi connectivity index (χ0) is 14.8. The number of benzene rings is 1. The van der Waals surface area contributed by atoms with Crippen LogP contribution in [0.3, 0.4) is 0 Å². The first-order valence-electron chi connectivity index (χ1n) is 6.69. The van der Waals surface area contributed by atoms with E-state index in [0.717, 1.165) is 33.5 Å². The van der Waals surface area contributed by atoms with Crippen LogP contribution in [-0.4, -0.2) is 20.0 Å². The number of nitrogens with one attached hydrogen (secondary N) is 2. The van der Waals surface area contributed by atoms with E-state index >= 15 is 0 Å². The van der Waals surface area contributed by atoms with Crippen LogP contribution < -0.4 is 5.32 Å². The van der Waals surface area contributed by atoms with Gasteiger partial charge in [-0.1, -0.05) is 11.6 Å². The number of halogens is 1. The maximum Gasteiger partial charge on any atom is 0.0815 e. The molecule has 5 nitrogen and oxygen atoms in total. The highest BCUT2D eigenvalue weighted by Crippen LogP contribution is 2.20. The lowest BCUT2D eigenvalue weighted by atomic mass is 10.3. The zero-order valence-electron chi connectivity index (χ0n) is 11.9. The number of nitrogens with zero attached hydrogens (tertiary/aromatic N) is 3. The summed E-state index contributed by atoms with van der Waals surface area (Å²) in [7, 11) is 0. The first-order chi connectivity index (χ1) is 10.1. The van der Waals surface area contributed by atoms with Crippen molar-refractivity contribution in [2.75, 3.05) is 5.32 Å². The van der Waals surface area contributed by atoms with Gasteiger partial charge in [-0.3, -0.25) is 5.10 Å². The number of H-pyrrole nitrogens is 1. The van der Waals surface area contributed by atoms with Gasteiger partial charge in [0.2, 0.25) is 0 Å². The van der Waals surface area contributed by atoms with E-state index in [1.54, 1.807) is 0 Å². The summed E-state index contributed by atoms with van der Waals surface area (Å²) in [5, 5.41) is 15.6. The van der Waals surface area contributed by atoms with Crippen LogP contribution in [0.5, 0.6) is 0 Å². The van der Waals surface area contributed by atoms with Crippen molar-refractivity contribution in [3.8, 4) is 5.69 Å². The monoisotopic (exact) mass is 301 g/mol. The highest BCUT2D eigenvalue weighted by atomic mass is 35.5. The molecule has 2 aromatic heterocycles. The third-order valence-electron chi connectivity index (χ3n) is 3.30. The maximum atomic E-state index is 5.91. The summed E-state index contributed by atoms with van der Waals surface area (Å²) in [4.78, 5) is 0. The average Bonchev–Trinajstić information content (AvgIpc) is 3.04. The standard InChI is InChI=1S/C15H16ClN5/c1-10-7-13(20-19-10)8-17-15-9-18-21(11(15)2)14-5-3-12(16)4-6-14/h3-7,9,17H,8H2,1-2H3,(H,19,20). The Hall–Kier alpha value is -2.27. The molecule has 6 heteroatoms. The first kappa shape index (κ1) is 13.7. The summed E-state index contributed by atoms with van der Waals surface area (Å²) >= 11 is 5.91. The highest BCUT2D eigenvalue weighted by molar-refractivity contribution is 6.30. The van der Waals surface area contributed by atoms with E-state index in [1.165, 1.54) is 0 Å². The summed E-state index contributed by atoms with van der Waals surface area (Å²) in [5.74, 6) is 0. The molecule has 0 saturated heterocycles. The van der Waals surface area contributed by atoms with E-state index in [1.807, 2.05) is 55.1 Å². The van der Waals surface area contributed by atoms with E-state index in [-0.39, 0.29) is 0 Å². The minimum Gasteiger partial charge on any atom is -0.377 e. The van der Waals surface area contributed by atoms with Crippen LogP contribution in [0.25, 0.3) is 5.69 Å². The van der Waals surface area contributed by atoms with Crippen LogP contribution >= 0.6 is 11.6 Å². The van der Waals surface area contributed by atoms with Crippen molar-refractivity contribution in [2.24, 2.45) is 0 Å². The topological polar surface area (TPSA) is 58.5 Å². The number of hydrogen-bond acceptors (Lipinski definition) is 3. The van der Waals surface area contributed by atoms with Crippen molar-refractivity contribution >= 4 is 17.3 Å². The van der Waals surface area contributed by atoms with Gasteiger partial charge in [-0.05, 0) is 44.2 Å². The number of aromatic amines is 1. The van der Waals surface area contributed by atoms with Gasteiger partial charge in [-0.25, -0.2) is 4.68 Å². The van der Waals surface area contributed by atoms with Gasteiger partial charge in [0.1, 0.15) is 0 Å². The molecule has 1 aromatic carbocycles.